The quantitative estimate of drug-likeness (QED) is 0.658. The molecule has 100 valence electrons. The summed E-state index contributed by atoms with van der Waals surface area (Å²) in [5.41, 5.74) is 0. The number of nitrogens with zero attached hydrogens (tertiary/aromatic N) is 1. The number of likely N-dealkylation sites (tertiary alicyclic amines) is 1. The normalized spacial score (nSPS) is 29.9. The molecule has 0 N–H and O–H groups in total. The van der Waals surface area contributed by atoms with Gasteiger partial charge in [0.25, 0.3) is 10.1 Å². The summed E-state index contributed by atoms with van der Waals surface area (Å²) in [6, 6.07) is 0. The van der Waals surface area contributed by atoms with Crippen molar-refractivity contribution in [1.82, 2.24) is 4.90 Å². The van der Waals surface area contributed by atoms with Gasteiger partial charge in [-0.05, 0) is 7.05 Å². The summed E-state index contributed by atoms with van der Waals surface area (Å²) < 4.78 is 38.0. The zero-order valence-electron chi connectivity index (χ0n) is 10.2. The van der Waals surface area contributed by atoms with Gasteiger partial charge in [-0.3, -0.25) is 4.18 Å². The summed E-state index contributed by atoms with van der Waals surface area (Å²) in [6.45, 7) is 2.30. The Bertz CT molecular complexity index is 361. The minimum absolute atomic E-state index is 0.0381. The Hall–Kier alpha value is -0.210. The van der Waals surface area contributed by atoms with Gasteiger partial charge in [0.05, 0.1) is 19.5 Å². The van der Waals surface area contributed by atoms with Crippen LogP contribution in [0.25, 0.3) is 0 Å². The summed E-state index contributed by atoms with van der Waals surface area (Å²) in [5, 5.41) is 0. The van der Waals surface area contributed by atoms with Crippen LogP contribution in [-0.4, -0.2) is 64.8 Å². The van der Waals surface area contributed by atoms with E-state index in [0.717, 1.165) is 32.2 Å². The van der Waals surface area contributed by atoms with Gasteiger partial charge in [0.2, 0.25) is 0 Å². The summed E-state index contributed by atoms with van der Waals surface area (Å²) in [6.07, 6.45) is 2.39. The fourth-order valence-corrected chi connectivity index (χ4v) is 2.52. The number of ether oxygens (including phenoxy) is 2. The van der Waals surface area contributed by atoms with E-state index >= 15 is 0 Å². The molecular formula is C10H19NO5S. The first-order chi connectivity index (χ1) is 7.89. The number of hydrogen-bond acceptors (Lipinski definition) is 6. The Morgan fingerprint density at radius 3 is 2.65 bits per heavy atom. The van der Waals surface area contributed by atoms with Crippen LogP contribution in [0.2, 0.25) is 0 Å². The van der Waals surface area contributed by atoms with Crippen LogP contribution in [0.5, 0.6) is 0 Å². The Kier molecular flexibility index (Phi) is 3.74. The highest BCUT2D eigenvalue weighted by Crippen LogP contribution is 2.33. The summed E-state index contributed by atoms with van der Waals surface area (Å²) in [7, 11) is -1.34. The van der Waals surface area contributed by atoms with Gasteiger partial charge in [-0.1, -0.05) is 0 Å². The summed E-state index contributed by atoms with van der Waals surface area (Å²) in [5.74, 6) is -0.516. The second-order valence-electron chi connectivity index (χ2n) is 4.75. The molecule has 0 amide bonds. The van der Waals surface area contributed by atoms with E-state index in [4.69, 9.17) is 13.7 Å². The lowest BCUT2D eigenvalue weighted by atomic mass is 10.0. The topological polar surface area (TPSA) is 65.1 Å². The van der Waals surface area contributed by atoms with Crippen LogP contribution < -0.4 is 0 Å². The Balaban J connectivity index is 1.83. The molecule has 2 saturated heterocycles. The zero-order valence-corrected chi connectivity index (χ0v) is 11.0. The molecule has 2 aliphatic rings. The average Bonchev–Trinajstić information content (AvgIpc) is 2.63. The monoisotopic (exact) mass is 265 g/mol. The van der Waals surface area contributed by atoms with Gasteiger partial charge in [-0.15, -0.1) is 0 Å². The highest BCUT2D eigenvalue weighted by molar-refractivity contribution is 7.85. The van der Waals surface area contributed by atoms with Crippen LogP contribution >= 0.6 is 0 Å². The van der Waals surface area contributed by atoms with Crippen LogP contribution in [0.3, 0.4) is 0 Å². The third kappa shape index (κ3) is 3.62. The van der Waals surface area contributed by atoms with Crippen molar-refractivity contribution in [3.05, 3.63) is 0 Å². The fraction of sp³-hybridized carbons (Fsp3) is 1.00. The van der Waals surface area contributed by atoms with E-state index < -0.39 is 15.9 Å². The smallest absolute Gasteiger partial charge is 0.264 e. The predicted molar refractivity (Wildman–Crippen MR) is 61.1 cm³/mol. The Labute approximate surface area is 102 Å². The van der Waals surface area contributed by atoms with Crippen LogP contribution in [0.4, 0.5) is 0 Å². The maximum absolute atomic E-state index is 10.9. The molecule has 1 atom stereocenters. The molecule has 0 aromatic rings. The largest absolute Gasteiger partial charge is 0.347 e. The number of hydrogen-bond donors (Lipinski definition) is 0. The van der Waals surface area contributed by atoms with E-state index in [1.54, 1.807) is 0 Å². The van der Waals surface area contributed by atoms with E-state index in [9.17, 15) is 8.42 Å². The fourth-order valence-electron chi connectivity index (χ4n) is 2.12. The van der Waals surface area contributed by atoms with E-state index in [1.807, 2.05) is 0 Å². The van der Waals surface area contributed by atoms with Crippen LogP contribution in [0, 0.1) is 0 Å². The maximum atomic E-state index is 10.9. The van der Waals surface area contributed by atoms with E-state index in [1.165, 1.54) is 0 Å². The minimum atomic E-state index is -3.41. The van der Waals surface area contributed by atoms with Crippen LogP contribution in [0.15, 0.2) is 0 Å². The van der Waals surface area contributed by atoms with Crippen LogP contribution in [0.1, 0.15) is 12.8 Å². The number of piperidine rings is 1. The molecule has 7 heteroatoms. The van der Waals surface area contributed by atoms with E-state index in [2.05, 4.69) is 11.9 Å². The SMILES string of the molecule is CN1CCC2(CC1)OCC(COS(C)(=O)=O)O2. The molecular weight excluding hydrogens is 246 g/mol. The highest BCUT2D eigenvalue weighted by atomic mass is 32.2. The molecule has 0 aromatic heterocycles. The summed E-state index contributed by atoms with van der Waals surface area (Å²) in [4.78, 5) is 2.22. The first-order valence-corrected chi connectivity index (χ1v) is 7.55. The lowest BCUT2D eigenvalue weighted by molar-refractivity contribution is -0.195. The first-order valence-electron chi connectivity index (χ1n) is 5.73. The molecule has 0 aromatic carbocycles. The molecule has 17 heavy (non-hydrogen) atoms. The van der Waals surface area contributed by atoms with Crippen molar-refractivity contribution >= 4 is 10.1 Å². The lowest BCUT2D eigenvalue weighted by Gasteiger charge is -2.36. The second kappa shape index (κ2) is 4.81. The van der Waals surface area contributed by atoms with Crippen molar-refractivity contribution in [3.8, 4) is 0 Å². The first kappa shape index (κ1) is 13.2. The Morgan fingerprint density at radius 1 is 1.41 bits per heavy atom. The molecule has 6 nitrogen and oxygen atoms in total. The molecule has 0 radical (unpaired) electrons. The molecule has 2 heterocycles. The molecule has 0 bridgehead atoms. The molecule has 1 unspecified atom stereocenters. The number of rotatable bonds is 3. The van der Waals surface area contributed by atoms with Crippen molar-refractivity contribution in [3.63, 3.8) is 0 Å². The van der Waals surface area contributed by atoms with Gasteiger partial charge < -0.3 is 14.4 Å². The standard InChI is InChI=1S/C10H19NO5S/c1-11-5-3-10(4-6-11)14-7-9(16-10)8-15-17(2,12)13/h9H,3-8H2,1-2H3. The van der Waals surface area contributed by atoms with Gasteiger partial charge >= 0.3 is 0 Å². The minimum Gasteiger partial charge on any atom is -0.347 e. The molecule has 0 aliphatic carbocycles. The third-order valence-electron chi connectivity index (χ3n) is 3.13. The van der Waals surface area contributed by atoms with Gasteiger partial charge in [0.15, 0.2) is 5.79 Å². The van der Waals surface area contributed by atoms with Gasteiger partial charge in [-0.25, -0.2) is 0 Å². The molecule has 2 aliphatic heterocycles. The second-order valence-corrected chi connectivity index (χ2v) is 6.40. The molecule has 2 rings (SSSR count). The van der Waals surface area contributed by atoms with Gasteiger partial charge in [0.1, 0.15) is 6.10 Å². The Morgan fingerprint density at radius 2 is 2.06 bits per heavy atom. The predicted octanol–water partition coefficient (Wildman–Crippen LogP) is -0.200. The van der Waals surface area contributed by atoms with E-state index in [-0.39, 0.29) is 12.7 Å². The van der Waals surface area contributed by atoms with Crippen LogP contribution in [-0.2, 0) is 23.8 Å². The van der Waals surface area contributed by atoms with Gasteiger partial charge in [-0.2, -0.15) is 8.42 Å². The third-order valence-corrected chi connectivity index (χ3v) is 3.69. The van der Waals surface area contributed by atoms with Crippen molar-refractivity contribution in [2.75, 3.05) is 39.6 Å². The van der Waals surface area contributed by atoms with Crippen molar-refractivity contribution in [2.24, 2.45) is 0 Å². The molecule has 0 saturated carbocycles. The summed E-state index contributed by atoms with van der Waals surface area (Å²) >= 11 is 0. The van der Waals surface area contributed by atoms with Crippen molar-refractivity contribution in [1.29, 1.82) is 0 Å². The van der Waals surface area contributed by atoms with Gasteiger partial charge in [0, 0.05) is 25.9 Å². The zero-order chi connectivity index (χ0) is 12.5. The molecule has 2 fully saturated rings. The highest BCUT2D eigenvalue weighted by Gasteiger charge is 2.43. The lowest BCUT2D eigenvalue weighted by Crippen LogP contribution is -2.44. The van der Waals surface area contributed by atoms with Crippen molar-refractivity contribution < 1.29 is 22.1 Å². The molecule has 1 spiro atoms. The van der Waals surface area contributed by atoms with E-state index in [0.29, 0.717) is 6.61 Å². The van der Waals surface area contributed by atoms with Crippen molar-refractivity contribution in [2.45, 2.75) is 24.7 Å². The average molecular weight is 265 g/mol. The maximum Gasteiger partial charge on any atom is 0.264 e.